The first-order chi connectivity index (χ1) is 8.09. The molecular weight excluding hydrogens is 237 g/mol. The summed E-state index contributed by atoms with van der Waals surface area (Å²) in [6.07, 6.45) is 0. The van der Waals surface area contributed by atoms with Crippen molar-refractivity contribution in [3.63, 3.8) is 0 Å². The average molecular weight is 250 g/mol. The van der Waals surface area contributed by atoms with Gasteiger partial charge >= 0.3 is 0 Å². The van der Waals surface area contributed by atoms with Crippen LogP contribution in [0, 0.1) is 12.7 Å². The van der Waals surface area contributed by atoms with Crippen molar-refractivity contribution in [2.75, 3.05) is 0 Å². The van der Waals surface area contributed by atoms with Gasteiger partial charge in [-0.15, -0.1) is 0 Å². The maximum atomic E-state index is 12.8. The number of hydrogen-bond donors (Lipinski definition) is 1. The van der Waals surface area contributed by atoms with E-state index in [4.69, 9.17) is 17.3 Å². The van der Waals surface area contributed by atoms with E-state index in [0.717, 1.165) is 16.7 Å². The van der Waals surface area contributed by atoms with E-state index in [1.54, 1.807) is 12.1 Å². The molecule has 0 saturated carbocycles. The van der Waals surface area contributed by atoms with E-state index in [1.807, 2.05) is 25.1 Å². The molecule has 1 unspecified atom stereocenters. The fourth-order valence-corrected chi connectivity index (χ4v) is 1.99. The van der Waals surface area contributed by atoms with Crippen molar-refractivity contribution in [2.45, 2.75) is 13.0 Å². The highest BCUT2D eigenvalue weighted by Crippen LogP contribution is 2.27. The highest BCUT2D eigenvalue weighted by Gasteiger charge is 2.12. The Morgan fingerprint density at radius 3 is 2.41 bits per heavy atom. The van der Waals surface area contributed by atoms with E-state index in [9.17, 15) is 4.39 Å². The van der Waals surface area contributed by atoms with E-state index in [0.29, 0.717) is 5.02 Å². The maximum Gasteiger partial charge on any atom is 0.123 e. The molecule has 2 aromatic rings. The lowest BCUT2D eigenvalue weighted by molar-refractivity contribution is 0.626. The van der Waals surface area contributed by atoms with Gasteiger partial charge in [-0.05, 0) is 41.8 Å². The molecule has 0 aromatic heterocycles. The Morgan fingerprint density at radius 1 is 1.12 bits per heavy atom. The molecule has 0 fully saturated rings. The van der Waals surface area contributed by atoms with Gasteiger partial charge in [-0.1, -0.05) is 35.9 Å². The van der Waals surface area contributed by atoms with Crippen LogP contribution in [0.5, 0.6) is 0 Å². The Hall–Kier alpha value is -1.38. The molecule has 3 heteroatoms. The Kier molecular flexibility index (Phi) is 3.46. The Labute approximate surface area is 105 Å². The molecular formula is C14H13ClFN. The summed E-state index contributed by atoms with van der Waals surface area (Å²) in [5.74, 6) is -0.260. The fraction of sp³-hybridized carbons (Fsp3) is 0.143. The summed E-state index contributed by atoms with van der Waals surface area (Å²) in [4.78, 5) is 0. The molecule has 0 amide bonds. The molecule has 0 spiro atoms. The molecule has 2 aromatic carbocycles. The standard InChI is InChI=1S/C14H13ClFN/c1-9-12(3-2-4-13(9)15)14(17)10-5-7-11(16)8-6-10/h2-8,14H,17H2,1H3. The lowest BCUT2D eigenvalue weighted by Crippen LogP contribution is -2.13. The Bertz CT molecular complexity index is 522. The lowest BCUT2D eigenvalue weighted by Gasteiger charge is -2.16. The van der Waals surface area contributed by atoms with Crippen LogP contribution in [0.2, 0.25) is 5.02 Å². The third-order valence-corrected chi connectivity index (χ3v) is 3.28. The van der Waals surface area contributed by atoms with Gasteiger partial charge in [0.2, 0.25) is 0 Å². The Balaban J connectivity index is 2.40. The highest BCUT2D eigenvalue weighted by atomic mass is 35.5. The molecule has 17 heavy (non-hydrogen) atoms. The first-order valence-electron chi connectivity index (χ1n) is 5.35. The average Bonchev–Trinajstić information content (AvgIpc) is 2.33. The number of hydrogen-bond acceptors (Lipinski definition) is 1. The minimum Gasteiger partial charge on any atom is -0.320 e. The summed E-state index contributed by atoms with van der Waals surface area (Å²) in [5.41, 5.74) is 8.95. The van der Waals surface area contributed by atoms with Crippen molar-refractivity contribution in [3.05, 3.63) is 70.0 Å². The second kappa shape index (κ2) is 4.86. The topological polar surface area (TPSA) is 26.0 Å². The summed E-state index contributed by atoms with van der Waals surface area (Å²) in [5, 5.41) is 0.695. The summed E-state index contributed by atoms with van der Waals surface area (Å²) in [6, 6.07) is 11.6. The molecule has 1 nitrogen and oxygen atoms in total. The minimum absolute atomic E-state index is 0.260. The Morgan fingerprint density at radius 2 is 1.76 bits per heavy atom. The van der Waals surface area contributed by atoms with Crippen LogP contribution in [0.15, 0.2) is 42.5 Å². The molecule has 2 rings (SSSR count). The van der Waals surface area contributed by atoms with Gasteiger partial charge in [-0.3, -0.25) is 0 Å². The number of nitrogens with two attached hydrogens (primary N) is 1. The van der Waals surface area contributed by atoms with E-state index in [-0.39, 0.29) is 11.9 Å². The van der Waals surface area contributed by atoms with E-state index in [2.05, 4.69) is 0 Å². The van der Waals surface area contributed by atoms with Crippen molar-refractivity contribution in [1.82, 2.24) is 0 Å². The third kappa shape index (κ3) is 2.48. The van der Waals surface area contributed by atoms with Crippen molar-refractivity contribution in [1.29, 1.82) is 0 Å². The van der Waals surface area contributed by atoms with E-state index >= 15 is 0 Å². The van der Waals surface area contributed by atoms with Crippen LogP contribution in [0.1, 0.15) is 22.7 Å². The van der Waals surface area contributed by atoms with Crippen LogP contribution in [0.3, 0.4) is 0 Å². The van der Waals surface area contributed by atoms with Crippen molar-refractivity contribution in [3.8, 4) is 0 Å². The zero-order valence-electron chi connectivity index (χ0n) is 9.45. The third-order valence-electron chi connectivity index (χ3n) is 2.87. The van der Waals surface area contributed by atoms with Gasteiger partial charge in [0.05, 0.1) is 6.04 Å². The largest absolute Gasteiger partial charge is 0.320 e. The van der Waals surface area contributed by atoms with Gasteiger partial charge in [-0.2, -0.15) is 0 Å². The fourth-order valence-electron chi connectivity index (χ4n) is 1.81. The van der Waals surface area contributed by atoms with Gasteiger partial charge in [-0.25, -0.2) is 4.39 Å². The van der Waals surface area contributed by atoms with Gasteiger partial charge in [0.1, 0.15) is 5.82 Å². The van der Waals surface area contributed by atoms with Gasteiger partial charge < -0.3 is 5.73 Å². The lowest BCUT2D eigenvalue weighted by atomic mass is 9.96. The van der Waals surface area contributed by atoms with Crippen LogP contribution in [-0.2, 0) is 0 Å². The molecule has 0 aliphatic heterocycles. The molecule has 0 aliphatic carbocycles. The molecule has 1 atom stereocenters. The smallest absolute Gasteiger partial charge is 0.123 e. The predicted molar refractivity (Wildman–Crippen MR) is 68.6 cm³/mol. The minimum atomic E-state index is -0.283. The monoisotopic (exact) mass is 249 g/mol. The van der Waals surface area contributed by atoms with Gasteiger partial charge in [0, 0.05) is 5.02 Å². The number of halogens is 2. The van der Waals surface area contributed by atoms with Crippen molar-refractivity contribution >= 4 is 11.6 Å². The van der Waals surface area contributed by atoms with Crippen LogP contribution in [0.25, 0.3) is 0 Å². The summed E-state index contributed by atoms with van der Waals surface area (Å²) >= 11 is 6.06. The molecule has 0 radical (unpaired) electrons. The molecule has 0 bridgehead atoms. The molecule has 0 aliphatic rings. The highest BCUT2D eigenvalue weighted by molar-refractivity contribution is 6.31. The SMILES string of the molecule is Cc1c(Cl)cccc1C(N)c1ccc(F)cc1. The zero-order valence-corrected chi connectivity index (χ0v) is 10.2. The van der Waals surface area contributed by atoms with E-state index < -0.39 is 0 Å². The van der Waals surface area contributed by atoms with E-state index in [1.165, 1.54) is 12.1 Å². The number of rotatable bonds is 2. The van der Waals surface area contributed by atoms with Gasteiger partial charge in [0.25, 0.3) is 0 Å². The quantitative estimate of drug-likeness (QED) is 0.860. The molecule has 0 heterocycles. The second-order valence-electron chi connectivity index (χ2n) is 3.98. The van der Waals surface area contributed by atoms with Crippen LogP contribution in [-0.4, -0.2) is 0 Å². The molecule has 0 saturated heterocycles. The summed E-state index contributed by atoms with van der Waals surface area (Å²) in [6.45, 7) is 1.93. The normalized spacial score (nSPS) is 12.5. The molecule has 88 valence electrons. The zero-order chi connectivity index (χ0) is 12.4. The maximum absolute atomic E-state index is 12.8. The molecule has 2 N–H and O–H groups in total. The van der Waals surface area contributed by atoms with Crippen molar-refractivity contribution < 1.29 is 4.39 Å². The van der Waals surface area contributed by atoms with Crippen LogP contribution in [0.4, 0.5) is 4.39 Å². The van der Waals surface area contributed by atoms with Crippen molar-refractivity contribution in [2.24, 2.45) is 5.73 Å². The second-order valence-corrected chi connectivity index (χ2v) is 4.39. The van der Waals surface area contributed by atoms with Crippen LogP contribution < -0.4 is 5.73 Å². The summed E-state index contributed by atoms with van der Waals surface area (Å²) in [7, 11) is 0. The first kappa shape index (κ1) is 12.1. The van der Waals surface area contributed by atoms with Gasteiger partial charge in [0.15, 0.2) is 0 Å². The first-order valence-corrected chi connectivity index (χ1v) is 5.73. The number of benzene rings is 2. The predicted octanol–water partition coefficient (Wildman–Crippen LogP) is 3.84. The van der Waals surface area contributed by atoms with Crippen LogP contribution >= 0.6 is 11.6 Å². The summed E-state index contributed by atoms with van der Waals surface area (Å²) < 4.78 is 12.8.